The number of carboxylic acid groups (broad SMARTS) is 1. The van der Waals surface area contributed by atoms with Crippen molar-refractivity contribution >= 4 is 23.4 Å². The average Bonchev–Trinajstić information content (AvgIpc) is 2.73. The molecule has 2 heterocycles. The molecule has 0 aliphatic heterocycles. The Kier molecular flexibility index (Phi) is 2.78. The van der Waals surface area contributed by atoms with Crippen LogP contribution in [0.25, 0.3) is 0 Å². The molecule has 0 aliphatic rings. The topological polar surface area (TPSA) is 105 Å². The van der Waals surface area contributed by atoms with Crippen LogP contribution in [0.4, 0.5) is 5.69 Å². The molecule has 0 aromatic carbocycles. The number of aromatic nitrogens is 3. The minimum atomic E-state index is -1.07. The SMILES string of the molecule is Nc1c(C(=O)O)ccnc1Sc1ncc[nH]1. The van der Waals surface area contributed by atoms with Crippen molar-refractivity contribution in [3.05, 3.63) is 30.2 Å². The Morgan fingerprint density at radius 1 is 1.44 bits per heavy atom. The quantitative estimate of drug-likeness (QED) is 0.740. The maximum atomic E-state index is 10.8. The largest absolute Gasteiger partial charge is 0.478 e. The van der Waals surface area contributed by atoms with E-state index in [0.717, 1.165) is 0 Å². The lowest BCUT2D eigenvalue weighted by atomic mass is 10.2. The lowest BCUT2D eigenvalue weighted by molar-refractivity contribution is 0.0697. The highest BCUT2D eigenvalue weighted by molar-refractivity contribution is 7.99. The normalized spacial score (nSPS) is 10.2. The number of hydrogen-bond donors (Lipinski definition) is 3. The molecule has 0 unspecified atom stereocenters. The van der Waals surface area contributed by atoms with Gasteiger partial charge in [0.1, 0.15) is 5.03 Å². The Bertz CT molecular complexity index is 512. The van der Waals surface area contributed by atoms with Crippen molar-refractivity contribution in [3.8, 4) is 0 Å². The summed E-state index contributed by atoms with van der Waals surface area (Å²) in [4.78, 5) is 21.7. The van der Waals surface area contributed by atoms with E-state index >= 15 is 0 Å². The maximum Gasteiger partial charge on any atom is 0.337 e. The predicted molar refractivity (Wildman–Crippen MR) is 58.3 cm³/mol. The van der Waals surface area contributed by atoms with Crippen LogP contribution in [-0.4, -0.2) is 26.0 Å². The zero-order valence-corrected chi connectivity index (χ0v) is 8.86. The first-order chi connectivity index (χ1) is 7.68. The van der Waals surface area contributed by atoms with Gasteiger partial charge in [-0.1, -0.05) is 0 Å². The van der Waals surface area contributed by atoms with Crippen molar-refractivity contribution in [2.75, 3.05) is 5.73 Å². The smallest absolute Gasteiger partial charge is 0.337 e. The monoisotopic (exact) mass is 236 g/mol. The molecule has 0 bridgehead atoms. The van der Waals surface area contributed by atoms with E-state index in [1.54, 1.807) is 12.4 Å². The summed E-state index contributed by atoms with van der Waals surface area (Å²) >= 11 is 1.19. The molecule has 2 aromatic heterocycles. The van der Waals surface area contributed by atoms with E-state index in [0.29, 0.717) is 10.2 Å². The standard InChI is InChI=1S/C9H8N4O2S/c10-6-5(8(14)15)1-2-11-7(6)16-9-12-3-4-13-9/h1-4H,10H2,(H,12,13)(H,14,15). The van der Waals surface area contributed by atoms with Crippen LogP contribution in [0.3, 0.4) is 0 Å². The Labute approximate surface area is 94.9 Å². The first-order valence-corrected chi connectivity index (χ1v) is 5.15. The number of carbonyl (C=O) groups is 1. The first-order valence-electron chi connectivity index (χ1n) is 4.33. The van der Waals surface area contributed by atoms with Crippen LogP contribution >= 0.6 is 11.8 Å². The molecule has 0 radical (unpaired) electrons. The molecule has 0 fully saturated rings. The first kappa shape index (κ1) is 10.5. The van der Waals surface area contributed by atoms with Crippen molar-refractivity contribution in [1.29, 1.82) is 0 Å². The number of nitrogen functional groups attached to an aromatic ring is 1. The summed E-state index contributed by atoms with van der Waals surface area (Å²) in [6.45, 7) is 0. The number of anilines is 1. The molecule has 0 atom stereocenters. The summed E-state index contributed by atoms with van der Waals surface area (Å²) in [5.74, 6) is -1.07. The number of aromatic carboxylic acids is 1. The van der Waals surface area contributed by atoms with Gasteiger partial charge in [0.15, 0.2) is 5.16 Å². The molecule has 0 saturated carbocycles. The van der Waals surface area contributed by atoms with E-state index in [4.69, 9.17) is 10.8 Å². The van der Waals surface area contributed by atoms with Gasteiger partial charge in [0, 0.05) is 18.6 Å². The number of nitrogens with one attached hydrogen (secondary N) is 1. The van der Waals surface area contributed by atoms with Gasteiger partial charge in [-0.3, -0.25) is 0 Å². The van der Waals surface area contributed by atoms with Crippen molar-refractivity contribution < 1.29 is 9.90 Å². The minimum Gasteiger partial charge on any atom is -0.478 e. The fourth-order valence-electron chi connectivity index (χ4n) is 1.12. The van der Waals surface area contributed by atoms with Gasteiger partial charge < -0.3 is 15.8 Å². The van der Waals surface area contributed by atoms with Gasteiger partial charge in [-0.05, 0) is 17.8 Å². The summed E-state index contributed by atoms with van der Waals surface area (Å²) in [6, 6.07) is 1.36. The Hall–Kier alpha value is -2.02. The lowest BCUT2D eigenvalue weighted by Crippen LogP contribution is -2.04. The third-order valence-corrected chi connectivity index (χ3v) is 2.79. The fourth-order valence-corrected chi connectivity index (χ4v) is 1.88. The number of carboxylic acids is 1. The van der Waals surface area contributed by atoms with Crippen LogP contribution in [0.5, 0.6) is 0 Å². The predicted octanol–water partition coefficient (Wildman–Crippen LogP) is 1.24. The Morgan fingerprint density at radius 2 is 2.25 bits per heavy atom. The molecule has 0 aliphatic carbocycles. The third-order valence-electron chi connectivity index (χ3n) is 1.85. The summed E-state index contributed by atoms with van der Waals surface area (Å²) in [7, 11) is 0. The number of imidazole rings is 1. The van der Waals surface area contributed by atoms with E-state index in [-0.39, 0.29) is 11.3 Å². The summed E-state index contributed by atoms with van der Waals surface area (Å²) < 4.78 is 0. The highest BCUT2D eigenvalue weighted by Crippen LogP contribution is 2.29. The fraction of sp³-hybridized carbons (Fsp3) is 0. The maximum absolute atomic E-state index is 10.8. The number of H-pyrrole nitrogens is 1. The number of rotatable bonds is 3. The van der Waals surface area contributed by atoms with Crippen LogP contribution in [0.2, 0.25) is 0 Å². The van der Waals surface area contributed by atoms with Gasteiger partial charge in [-0.15, -0.1) is 0 Å². The van der Waals surface area contributed by atoms with Gasteiger partial charge in [0.25, 0.3) is 0 Å². The van der Waals surface area contributed by atoms with E-state index in [1.807, 2.05) is 0 Å². The minimum absolute atomic E-state index is 0.0454. The molecular weight excluding hydrogens is 228 g/mol. The summed E-state index contributed by atoms with van der Waals surface area (Å²) in [5.41, 5.74) is 5.89. The molecule has 0 amide bonds. The number of nitrogens with zero attached hydrogens (tertiary/aromatic N) is 2. The van der Waals surface area contributed by atoms with Gasteiger partial charge in [0.2, 0.25) is 0 Å². The molecule has 7 heteroatoms. The van der Waals surface area contributed by atoms with Crippen molar-refractivity contribution in [3.63, 3.8) is 0 Å². The molecule has 2 aromatic rings. The number of hydrogen-bond acceptors (Lipinski definition) is 5. The van der Waals surface area contributed by atoms with Crippen molar-refractivity contribution in [1.82, 2.24) is 15.0 Å². The lowest BCUT2D eigenvalue weighted by Gasteiger charge is -2.04. The molecular formula is C9H8N4O2S. The molecule has 0 saturated heterocycles. The van der Waals surface area contributed by atoms with Gasteiger partial charge in [0.05, 0.1) is 11.3 Å². The molecule has 16 heavy (non-hydrogen) atoms. The zero-order chi connectivity index (χ0) is 11.5. The average molecular weight is 236 g/mol. The Morgan fingerprint density at radius 3 is 2.88 bits per heavy atom. The zero-order valence-electron chi connectivity index (χ0n) is 8.04. The van der Waals surface area contributed by atoms with Gasteiger partial charge in [-0.25, -0.2) is 14.8 Å². The number of aromatic amines is 1. The molecule has 4 N–H and O–H groups in total. The van der Waals surface area contributed by atoms with Crippen LogP contribution in [0.15, 0.2) is 34.8 Å². The second-order valence-electron chi connectivity index (χ2n) is 2.88. The van der Waals surface area contributed by atoms with E-state index < -0.39 is 5.97 Å². The van der Waals surface area contributed by atoms with Gasteiger partial charge in [-0.2, -0.15) is 0 Å². The molecule has 2 rings (SSSR count). The highest BCUT2D eigenvalue weighted by Gasteiger charge is 2.13. The highest BCUT2D eigenvalue weighted by atomic mass is 32.2. The van der Waals surface area contributed by atoms with Crippen LogP contribution in [-0.2, 0) is 0 Å². The van der Waals surface area contributed by atoms with Crippen molar-refractivity contribution in [2.24, 2.45) is 0 Å². The van der Waals surface area contributed by atoms with E-state index in [9.17, 15) is 4.79 Å². The van der Waals surface area contributed by atoms with Crippen molar-refractivity contribution in [2.45, 2.75) is 10.2 Å². The second-order valence-corrected chi connectivity index (χ2v) is 3.86. The van der Waals surface area contributed by atoms with E-state index in [2.05, 4.69) is 15.0 Å². The number of pyridine rings is 1. The summed E-state index contributed by atoms with van der Waals surface area (Å²) in [6.07, 6.45) is 4.67. The molecule has 6 nitrogen and oxygen atoms in total. The second kappa shape index (κ2) is 4.23. The van der Waals surface area contributed by atoms with Crippen LogP contribution in [0, 0.1) is 0 Å². The Balaban J connectivity index is 2.35. The van der Waals surface area contributed by atoms with E-state index in [1.165, 1.54) is 24.0 Å². The van der Waals surface area contributed by atoms with Crippen LogP contribution in [0.1, 0.15) is 10.4 Å². The summed E-state index contributed by atoms with van der Waals surface area (Å²) in [5, 5.41) is 9.91. The number of nitrogens with two attached hydrogens (primary N) is 1. The third kappa shape index (κ3) is 1.98. The molecule has 82 valence electrons. The van der Waals surface area contributed by atoms with Crippen LogP contribution < -0.4 is 5.73 Å². The van der Waals surface area contributed by atoms with Gasteiger partial charge >= 0.3 is 5.97 Å². The molecule has 0 spiro atoms.